The van der Waals surface area contributed by atoms with E-state index in [2.05, 4.69) is 4.72 Å². The third kappa shape index (κ3) is 2.92. The smallest absolute Gasteiger partial charge is 0.337 e. The number of rotatable bonds is 6. The Hall–Kier alpha value is -1.64. The van der Waals surface area contributed by atoms with Gasteiger partial charge in [0, 0.05) is 24.3 Å². The van der Waals surface area contributed by atoms with Crippen LogP contribution in [0.15, 0.2) is 23.1 Å². The lowest BCUT2D eigenvalue weighted by atomic mass is 10.1. The summed E-state index contributed by atoms with van der Waals surface area (Å²) in [6.07, 6.45) is 1.50. The number of carboxylic acid groups (broad SMARTS) is 1. The summed E-state index contributed by atoms with van der Waals surface area (Å²) >= 11 is 0. The first-order chi connectivity index (χ1) is 9.30. The molecule has 1 aliphatic rings. The van der Waals surface area contributed by atoms with Gasteiger partial charge in [-0.05, 0) is 31.0 Å². The van der Waals surface area contributed by atoms with Crippen molar-refractivity contribution in [1.82, 2.24) is 4.72 Å². The summed E-state index contributed by atoms with van der Waals surface area (Å²) < 4.78 is 26.7. The van der Waals surface area contributed by atoms with E-state index in [4.69, 9.17) is 15.9 Å². The SMILES string of the molecule is Nc1ccc(S(=O)(=O)NCC2(CO)CC2)c(C(=O)O)c1. The van der Waals surface area contributed by atoms with E-state index in [9.17, 15) is 13.2 Å². The number of hydrogen-bond donors (Lipinski definition) is 4. The molecule has 110 valence electrons. The maximum Gasteiger partial charge on any atom is 0.337 e. The Bertz CT molecular complexity index is 637. The van der Waals surface area contributed by atoms with Crippen LogP contribution >= 0.6 is 0 Å². The molecule has 0 amide bonds. The summed E-state index contributed by atoms with van der Waals surface area (Å²) in [6.45, 7) is -0.00167. The number of nitrogen functional groups attached to an aromatic ring is 1. The van der Waals surface area contributed by atoms with E-state index in [1.165, 1.54) is 12.1 Å². The Morgan fingerprint density at radius 2 is 2.05 bits per heavy atom. The Balaban J connectivity index is 2.27. The molecule has 0 radical (unpaired) electrons. The molecule has 20 heavy (non-hydrogen) atoms. The van der Waals surface area contributed by atoms with Gasteiger partial charge in [-0.2, -0.15) is 0 Å². The van der Waals surface area contributed by atoms with Gasteiger partial charge in [-0.15, -0.1) is 0 Å². The molecule has 0 atom stereocenters. The minimum absolute atomic E-state index is 0.0925. The molecule has 1 saturated carbocycles. The van der Waals surface area contributed by atoms with Crippen molar-refractivity contribution in [2.24, 2.45) is 5.41 Å². The molecule has 1 aromatic rings. The van der Waals surface area contributed by atoms with E-state index in [1.54, 1.807) is 0 Å². The maximum atomic E-state index is 12.2. The molecule has 0 heterocycles. The van der Waals surface area contributed by atoms with Crippen molar-refractivity contribution in [1.29, 1.82) is 0 Å². The van der Waals surface area contributed by atoms with Crippen LogP contribution in [0.5, 0.6) is 0 Å². The highest BCUT2D eigenvalue weighted by atomic mass is 32.2. The second-order valence-corrected chi connectivity index (χ2v) is 6.78. The Kier molecular flexibility index (Phi) is 3.72. The van der Waals surface area contributed by atoms with Gasteiger partial charge in [-0.25, -0.2) is 17.9 Å². The molecular weight excluding hydrogens is 284 g/mol. The first kappa shape index (κ1) is 14.8. The number of nitrogens with two attached hydrogens (primary N) is 1. The molecule has 0 bridgehead atoms. The topological polar surface area (TPSA) is 130 Å². The van der Waals surface area contributed by atoms with Crippen LogP contribution in [0, 0.1) is 5.41 Å². The van der Waals surface area contributed by atoms with Gasteiger partial charge in [0.15, 0.2) is 0 Å². The molecule has 1 fully saturated rings. The zero-order valence-corrected chi connectivity index (χ0v) is 11.5. The number of carbonyl (C=O) groups is 1. The number of sulfonamides is 1. The van der Waals surface area contributed by atoms with Crippen molar-refractivity contribution in [2.45, 2.75) is 17.7 Å². The molecule has 2 rings (SSSR count). The number of aromatic carboxylic acids is 1. The van der Waals surface area contributed by atoms with Crippen molar-refractivity contribution in [3.05, 3.63) is 23.8 Å². The number of carboxylic acids is 1. The molecule has 1 aromatic carbocycles. The molecule has 7 nitrogen and oxygen atoms in total. The Morgan fingerprint density at radius 3 is 2.55 bits per heavy atom. The largest absolute Gasteiger partial charge is 0.478 e. The van der Waals surface area contributed by atoms with Crippen LogP contribution in [0.3, 0.4) is 0 Å². The third-order valence-corrected chi connectivity index (χ3v) is 4.91. The molecule has 0 unspecified atom stereocenters. The molecule has 0 aromatic heterocycles. The van der Waals surface area contributed by atoms with Gasteiger partial charge in [0.1, 0.15) is 0 Å². The third-order valence-electron chi connectivity index (χ3n) is 3.45. The molecule has 0 aliphatic heterocycles. The van der Waals surface area contributed by atoms with Gasteiger partial charge in [0.05, 0.1) is 10.5 Å². The highest BCUT2D eigenvalue weighted by Crippen LogP contribution is 2.44. The van der Waals surface area contributed by atoms with Crippen molar-refractivity contribution in [3.8, 4) is 0 Å². The predicted molar refractivity (Wildman–Crippen MR) is 71.8 cm³/mol. The standard InChI is InChI=1S/C12H16N2O5S/c13-8-1-2-10(9(5-8)11(16)17)20(18,19)14-6-12(7-15)3-4-12/h1-2,5,14-15H,3-4,6-7,13H2,(H,16,17). The lowest BCUT2D eigenvalue weighted by molar-refractivity contribution is 0.0692. The molecule has 5 N–H and O–H groups in total. The van der Waals surface area contributed by atoms with Crippen LogP contribution in [0.4, 0.5) is 5.69 Å². The van der Waals surface area contributed by atoms with E-state index in [-0.39, 0.29) is 29.3 Å². The van der Waals surface area contributed by atoms with Crippen molar-refractivity contribution in [2.75, 3.05) is 18.9 Å². The van der Waals surface area contributed by atoms with Crippen LogP contribution in [-0.2, 0) is 10.0 Å². The molecule has 0 saturated heterocycles. The van der Waals surface area contributed by atoms with Crippen LogP contribution in [0.25, 0.3) is 0 Å². The Labute approximate surface area is 116 Å². The van der Waals surface area contributed by atoms with E-state index in [0.717, 1.165) is 18.9 Å². The summed E-state index contributed by atoms with van der Waals surface area (Å²) in [5.74, 6) is -1.36. The van der Waals surface area contributed by atoms with Gasteiger partial charge < -0.3 is 15.9 Å². The van der Waals surface area contributed by atoms with Crippen molar-refractivity contribution >= 4 is 21.7 Å². The molecule has 0 spiro atoms. The van der Waals surface area contributed by atoms with Crippen LogP contribution in [-0.4, -0.2) is 37.8 Å². The van der Waals surface area contributed by atoms with E-state index in [1.807, 2.05) is 0 Å². The number of aliphatic hydroxyl groups excluding tert-OH is 1. The zero-order chi connectivity index (χ0) is 15.0. The fourth-order valence-corrected chi connectivity index (χ4v) is 3.18. The lowest BCUT2D eigenvalue weighted by Gasteiger charge is -2.14. The second-order valence-electron chi connectivity index (χ2n) is 5.04. The van der Waals surface area contributed by atoms with Gasteiger partial charge >= 0.3 is 5.97 Å². The Morgan fingerprint density at radius 1 is 1.40 bits per heavy atom. The summed E-state index contributed by atoms with van der Waals surface area (Å²) in [6, 6.07) is 3.61. The van der Waals surface area contributed by atoms with E-state index in [0.29, 0.717) is 0 Å². The highest BCUT2D eigenvalue weighted by Gasteiger charge is 2.42. The fourth-order valence-electron chi connectivity index (χ4n) is 1.84. The molecule has 1 aliphatic carbocycles. The summed E-state index contributed by atoms with van der Waals surface area (Å²) in [4.78, 5) is 10.8. The number of benzene rings is 1. The predicted octanol–water partition coefficient (Wildman–Crippen LogP) is 0.0178. The van der Waals surface area contributed by atoms with Crippen molar-refractivity contribution < 1.29 is 23.4 Å². The average molecular weight is 300 g/mol. The first-order valence-corrected chi connectivity index (χ1v) is 7.51. The molecule has 8 heteroatoms. The minimum Gasteiger partial charge on any atom is -0.478 e. The average Bonchev–Trinajstić information content (AvgIpc) is 3.17. The van der Waals surface area contributed by atoms with Gasteiger partial charge in [0.25, 0.3) is 0 Å². The fraction of sp³-hybridized carbons (Fsp3) is 0.417. The quantitative estimate of drug-likeness (QED) is 0.548. The summed E-state index contributed by atoms with van der Waals surface area (Å²) in [7, 11) is -3.95. The number of hydrogen-bond acceptors (Lipinski definition) is 5. The minimum atomic E-state index is -3.95. The summed E-state index contributed by atoms with van der Waals surface area (Å²) in [5.41, 5.74) is 4.88. The number of nitrogens with one attached hydrogen (secondary N) is 1. The normalized spacial score (nSPS) is 16.9. The van der Waals surface area contributed by atoms with Crippen LogP contribution < -0.4 is 10.5 Å². The number of anilines is 1. The van der Waals surface area contributed by atoms with E-state index >= 15 is 0 Å². The van der Waals surface area contributed by atoms with Crippen LogP contribution in [0.1, 0.15) is 23.2 Å². The van der Waals surface area contributed by atoms with Gasteiger partial charge in [0.2, 0.25) is 10.0 Å². The van der Waals surface area contributed by atoms with Crippen molar-refractivity contribution in [3.63, 3.8) is 0 Å². The second kappa shape index (κ2) is 5.04. The first-order valence-electron chi connectivity index (χ1n) is 6.03. The lowest BCUT2D eigenvalue weighted by Crippen LogP contribution is -2.32. The highest BCUT2D eigenvalue weighted by molar-refractivity contribution is 7.89. The molecular formula is C12H16N2O5S. The number of aliphatic hydroxyl groups is 1. The van der Waals surface area contributed by atoms with E-state index < -0.39 is 21.4 Å². The van der Waals surface area contributed by atoms with Crippen LogP contribution in [0.2, 0.25) is 0 Å². The monoisotopic (exact) mass is 300 g/mol. The van der Waals surface area contributed by atoms with Gasteiger partial charge in [-0.1, -0.05) is 0 Å². The summed E-state index contributed by atoms with van der Waals surface area (Å²) in [5, 5.41) is 18.2. The zero-order valence-electron chi connectivity index (χ0n) is 10.7. The van der Waals surface area contributed by atoms with Gasteiger partial charge in [-0.3, -0.25) is 0 Å². The maximum absolute atomic E-state index is 12.2.